The van der Waals surface area contributed by atoms with Crippen molar-refractivity contribution in [1.29, 1.82) is 0 Å². The van der Waals surface area contributed by atoms with Crippen LogP contribution in [0.15, 0.2) is 30.5 Å². The van der Waals surface area contributed by atoms with Gasteiger partial charge >= 0.3 is 0 Å². The highest BCUT2D eigenvalue weighted by Crippen LogP contribution is 2.20. The summed E-state index contributed by atoms with van der Waals surface area (Å²) in [7, 11) is 2.07. The van der Waals surface area contributed by atoms with Crippen LogP contribution in [0.1, 0.15) is 25.8 Å². The fourth-order valence-corrected chi connectivity index (χ4v) is 2.45. The predicted octanol–water partition coefficient (Wildman–Crippen LogP) is 2.43. The monoisotopic (exact) mass is 246 g/mol. The van der Waals surface area contributed by atoms with Crippen LogP contribution < -0.4 is 5.32 Å². The Morgan fingerprint density at radius 1 is 1.28 bits per heavy atom. The fraction of sp³-hybridized carbons (Fsp3) is 0.467. The lowest BCUT2D eigenvalue weighted by Gasteiger charge is -2.14. The van der Waals surface area contributed by atoms with Crippen LogP contribution in [-0.2, 0) is 13.6 Å². The Kier molecular flexibility index (Phi) is 4.04. The third-order valence-corrected chi connectivity index (χ3v) is 3.32. The van der Waals surface area contributed by atoms with Crippen LogP contribution in [0, 0.1) is 0 Å². The zero-order valence-electron chi connectivity index (χ0n) is 11.4. The predicted molar refractivity (Wildman–Crippen MR) is 75.5 cm³/mol. The first-order valence-electron chi connectivity index (χ1n) is 6.52. The van der Waals surface area contributed by atoms with Crippen LogP contribution in [0.2, 0.25) is 0 Å². The van der Waals surface area contributed by atoms with Gasteiger partial charge in [-0.1, -0.05) is 18.2 Å². The molecule has 0 aliphatic carbocycles. The maximum absolute atomic E-state index is 9.35. The zero-order valence-corrected chi connectivity index (χ0v) is 11.4. The van der Waals surface area contributed by atoms with E-state index in [4.69, 9.17) is 0 Å². The fourth-order valence-electron chi connectivity index (χ4n) is 2.45. The van der Waals surface area contributed by atoms with Crippen LogP contribution in [-0.4, -0.2) is 21.8 Å². The summed E-state index contributed by atoms with van der Waals surface area (Å²) in [5.74, 6) is 0. The quantitative estimate of drug-likeness (QED) is 0.850. The van der Waals surface area contributed by atoms with E-state index in [2.05, 4.69) is 54.3 Å². The molecule has 1 heterocycles. The Morgan fingerprint density at radius 2 is 2.00 bits per heavy atom. The number of aromatic nitrogens is 1. The van der Waals surface area contributed by atoms with Gasteiger partial charge in [-0.25, -0.2) is 0 Å². The van der Waals surface area contributed by atoms with Gasteiger partial charge in [-0.15, -0.1) is 0 Å². The summed E-state index contributed by atoms with van der Waals surface area (Å²) in [6.45, 7) is 4.78. The lowest BCUT2D eigenvalue weighted by atomic mass is 10.1. The van der Waals surface area contributed by atoms with E-state index < -0.39 is 0 Å². The molecule has 0 amide bonds. The molecule has 3 heteroatoms. The molecule has 0 saturated carbocycles. The van der Waals surface area contributed by atoms with Gasteiger partial charge in [0.15, 0.2) is 0 Å². The Morgan fingerprint density at radius 3 is 2.72 bits per heavy atom. The summed E-state index contributed by atoms with van der Waals surface area (Å²) in [6.07, 6.45) is 2.71. The topological polar surface area (TPSA) is 37.2 Å². The number of aliphatic hydroxyl groups excluding tert-OH is 1. The molecule has 1 aromatic carbocycles. The van der Waals surface area contributed by atoms with Gasteiger partial charge in [-0.05, 0) is 31.9 Å². The van der Waals surface area contributed by atoms with Gasteiger partial charge in [-0.3, -0.25) is 0 Å². The number of rotatable bonds is 5. The Bertz CT molecular complexity index is 516. The third kappa shape index (κ3) is 2.92. The molecular formula is C15H22N2O. The molecule has 18 heavy (non-hydrogen) atoms. The standard InChI is InChI=1S/C15H22N2O/c1-11(8-12(2)18)16-9-13-10-17(3)15-7-5-4-6-14(13)15/h4-7,10-12,16,18H,8-9H2,1-3H3. The molecule has 0 aliphatic rings. The van der Waals surface area contributed by atoms with E-state index in [1.807, 2.05) is 6.92 Å². The minimum atomic E-state index is -0.250. The summed E-state index contributed by atoms with van der Waals surface area (Å²) < 4.78 is 2.16. The maximum Gasteiger partial charge on any atom is 0.0526 e. The van der Waals surface area contributed by atoms with Crippen molar-refractivity contribution in [2.75, 3.05) is 0 Å². The van der Waals surface area contributed by atoms with E-state index >= 15 is 0 Å². The van der Waals surface area contributed by atoms with Gasteiger partial charge < -0.3 is 15.0 Å². The van der Waals surface area contributed by atoms with Crippen molar-refractivity contribution in [2.24, 2.45) is 7.05 Å². The molecule has 0 bridgehead atoms. The zero-order chi connectivity index (χ0) is 13.1. The molecule has 98 valence electrons. The smallest absolute Gasteiger partial charge is 0.0526 e. The highest BCUT2D eigenvalue weighted by atomic mass is 16.3. The second-order valence-corrected chi connectivity index (χ2v) is 5.15. The van der Waals surface area contributed by atoms with Crippen molar-refractivity contribution < 1.29 is 5.11 Å². The molecule has 0 aliphatic heterocycles. The van der Waals surface area contributed by atoms with E-state index in [1.54, 1.807) is 0 Å². The molecule has 0 saturated heterocycles. The molecule has 2 aromatic rings. The summed E-state index contributed by atoms with van der Waals surface area (Å²) in [4.78, 5) is 0. The maximum atomic E-state index is 9.35. The number of hydrogen-bond donors (Lipinski definition) is 2. The van der Waals surface area contributed by atoms with Crippen LogP contribution in [0.3, 0.4) is 0 Å². The summed E-state index contributed by atoms with van der Waals surface area (Å²) in [5.41, 5.74) is 2.57. The highest BCUT2D eigenvalue weighted by molar-refractivity contribution is 5.83. The number of para-hydroxylation sites is 1. The average Bonchev–Trinajstić information content (AvgIpc) is 2.64. The third-order valence-electron chi connectivity index (χ3n) is 3.32. The van der Waals surface area contributed by atoms with E-state index in [0.717, 1.165) is 13.0 Å². The molecule has 2 unspecified atom stereocenters. The molecule has 0 spiro atoms. The number of nitrogens with zero attached hydrogens (tertiary/aromatic N) is 1. The number of benzene rings is 1. The molecule has 2 atom stereocenters. The minimum absolute atomic E-state index is 0.250. The molecule has 2 rings (SSSR count). The molecule has 0 fully saturated rings. The average molecular weight is 246 g/mol. The van der Waals surface area contributed by atoms with Gasteiger partial charge in [-0.2, -0.15) is 0 Å². The number of aliphatic hydroxyl groups is 1. The lowest BCUT2D eigenvalue weighted by molar-refractivity contribution is 0.170. The van der Waals surface area contributed by atoms with Gasteiger partial charge in [0, 0.05) is 36.7 Å². The molecule has 3 nitrogen and oxygen atoms in total. The first-order valence-corrected chi connectivity index (χ1v) is 6.52. The first-order chi connectivity index (χ1) is 8.58. The number of aryl methyl sites for hydroxylation is 1. The largest absolute Gasteiger partial charge is 0.393 e. The number of fused-ring (bicyclic) bond motifs is 1. The second-order valence-electron chi connectivity index (χ2n) is 5.15. The minimum Gasteiger partial charge on any atom is -0.393 e. The number of hydrogen-bond acceptors (Lipinski definition) is 2. The SMILES string of the molecule is CC(O)CC(C)NCc1cn(C)c2ccccc12. The summed E-state index contributed by atoms with van der Waals surface area (Å²) in [5, 5.41) is 14.1. The van der Waals surface area contributed by atoms with Crippen LogP contribution in [0.25, 0.3) is 10.9 Å². The van der Waals surface area contributed by atoms with Crippen molar-refractivity contribution in [3.63, 3.8) is 0 Å². The molecular weight excluding hydrogens is 224 g/mol. The van der Waals surface area contributed by atoms with Crippen LogP contribution in [0.4, 0.5) is 0 Å². The normalized spacial score (nSPS) is 14.9. The van der Waals surface area contributed by atoms with Crippen molar-refractivity contribution >= 4 is 10.9 Å². The Balaban J connectivity index is 2.08. The van der Waals surface area contributed by atoms with Gasteiger partial charge in [0.25, 0.3) is 0 Å². The number of nitrogens with one attached hydrogen (secondary N) is 1. The highest BCUT2D eigenvalue weighted by Gasteiger charge is 2.08. The van der Waals surface area contributed by atoms with Gasteiger partial charge in [0.1, 0.15) is 0 Å². The Labute approximate surface area is 108 Å². The second kappa shape index (κ2) is 5.55. The van der Waals surface area contributed by atoms with Crippen molar-refractivity contribution in [2.45, 2.75) is 39.0 Å². The molecule has 1 aromatic heterocycles. The van der Waals surface area contributed by atoms with Crippen LogP contribution >= 0.6 is 0 Å². The Hall–Kier alpha value is -1.32. The van der Waals surface area contributed by atoms with E-state index in [1.165, 1.54) is 16.5 Å². The summed E-state index contributed by atoms with van der Waals surface area (Å²) in [6, 6.07) is 8.76. The summed E-state index contributed by atoms with van der Waals surface area (Å²) >= 11 is 0. The van der Waals surface area contributed by atoms with Crippen LogP contribution in [0.5, 0.6) is 0 Å². The van der Waals surface area contributed by atoms with E-state index in [0.29, 0.717) is 6.04 Å². The van der Waals surface area contributed by atoms with Gasteiger partial charge in [0.05, 0.1) is 6.10 Å². The lowest BCUT2D eigenvalue weighted by Crippen LogP contribution is -2.28. The molecule has 0 radical (unpaired) electrons. The molecule has 2 N–H and O–H groups in total. The van der Waals surface area contributed by atoms with Crippen molar-refractivity contribution in [3.05, 3.63) is 36.0 Å². The first kappa shape index (κ1) is 13.1. The van der Waals surface area contributed by atoms with E-state index in [-0.39, 0.29) is 6.10 Å². The van der Waals surface area contributed by atoms with Crippen molar-refractivity contribution in [3.8, 4) is 0 Å². The van der Waals surface area contributed by atoms with Gasteiger partial charge in [0.2, 0.25) is 0 Å². The van der Waals surface area contributed by atoms with E-state index in [9.17, 15) is 5.11 Å². The van der Waals surface area contributed by atoms with Crippen molar-refractivity contribution in [1.82, 2.24) is 9.88 Å².